The molecule has 2 unspecified atom stereocenters. The topological polar surface area (TPSA) is 43.9 Å². The van der Waals surface area contributed by atoms with E-state index in [9.17, 15) is 0 Å². The largest absolute Gasteiger partial charge is 0.456 e. The summed E-state index contributed by atoms with van der Waals surface area (Å²) in [5.74, 6) is 1.10. The molecule has 55 heavy (non-hydrogen) atoms. The molecule has 2 atom stereocenters. The van der Waals surface area contributed by atoms with Crippen LogP contribution in [0.25, 0.3) is 94.1 Å². The van der Waals surface area contributed by atoms with Crippen molar-refractivity contribution in [1.82, 2.24) is 14.5 Å². The fourth-order valence-electron chi connectivity index (χ4n) is 8.84. The maximum absolute atomic E-state index is 6.68. The first-order valence-electron chi connectivity index (χ1n) is 18.7. The van der Waals surface area contributed by atoms with Crippen molar-refractivity contribution in [3.8, 4) is 39.5 Å². The first-order valence-corrected chi connectivity index (χ1v) is 19.6. The number of hydrogen-bond donors (Lipinski definition) is 0. The van der Waals surface area contributed by atoms with Gasteiger partial charge in [-0.05, 0) is 53.1 Å². The van der Waals surface area contributed by atoms with Crippen molar-refractivity contribution in [2.24, 2.45) is 0 Å². The van der Waals surface area contributed by atoms with E-state index >= 15 is 0 Å². The molecule has 10 aromatic rings. The molecular weight excluding hydrogens is 691 g/mol. The van der Waals surface area contributed by atoms with Gasteiger partial charge in [0, 0.05) is 65.9 Å². The van der Waals surface area contributed by atoms with Gasteiger partial charge in [0.1, 0.15) is 11.2 Å². The van der Waals surface area contributed by atoms with E-state index in [4.69, 9.17) is 14.4 Å². The average molecular weight is 722 g/mol. The Balaban J connectivity index is 1.01. The molecule has 0 spiro atoms. The molecule has 0 radical (unpaired) electrons. The zero-order valence-corrected chi connectivity index (χ0v) is 30.4. The van der Waals surface area contributed by atoms with Crippen LogP contribution in [0.2, 0.25) is 0 Å². The highest BCUT2D eigenvalue weighted by Crippen LogP contribution is 2.53. The summed E-state index contributed by atoms with van der Waals surface area (Å²) >= 11 is 2.00. The minimum atomic E-state index is 0.417. The van der Waals surface area contributed by atoms with Gasteiger partial charge in [-0.1, -0.05) is 133 Å². The second kappa shape index (κ2) is 11.9. The van der Waals surface area contributed by atoms with Gasteiger partial charge in [-0.3, -0.25) is 0 Å². The molecule has 4 nitrogen and oxygen atoms in total. The predicted octanol–water partition coefficient (Wildman–Crippen LogP) is 13.3. The second-order valence-corrected chi connectivity index (χ2v) is 15.6. The fraction of sp³-hybridized carbons (Fsp3) is 0.0400. The Kier molecular flexibility index (Phi) is 6.65. The number of hydrogen-bond acceptors (Lipinski definition) is 4. The van der Waals surface area contributed by atoms with Crippen LogP contribution >= 0.6 is 11.8 Å². The molecule has 5 heteroatoms. The Morgan fingerprint density at radius 1 is 0.545 bits per heavy atom. The van der Waals surface area contributed by atoms with E-state index in [1.165, 1.54) is 43.4 Å². The molecule has 0 saturated heterocycles. The Hall–Kier alpha value is -6.69. The third kappa shape index (κ3) is 4.66. The summed E-state index contributed by atoms with van der Waals surface area (Å²) in [5.41, 5.74) is 12.7. The van der Waals surface area contributed by atoms with Gasteiger partial charge >= 0.3 is 0 Å². The van der Waals surface area contributed by atoms with Crippen molar-refractivity contribution < 1.29 is 4.42 Å². The molecule has 0 fully saturated rings. The van der Waals surface area contributed by atoms with Crippen LogP contribution in [0.1, 0.15) is 11.5 Å². The lowest BCUT2D eigenvalue weighted by molar-refractivity contribution is 0.668. The molecule has 4 heterocycles. The summed E-state index contributed by atoms with van der Waals surface area (Å²) in [5, 5.41) is 6.13. The highest BCUT2D eigenvalue weighted by atomic mass is 32.2. The number of fused-ring (bicyclic) bond motifs is 11. The molecule has 0 bridgehead atoms. The summed E-state index contributed by atoms with van der Waals surface area (Å²) in [6.07, 6.45) is 9.07. The van der Waals surface area contributed by atoms with Crippen LogP contribution < -0.4 is 0 Å². The number of thioether (sulfide) groups is 1. The molecule has 3 aromatic heterocycles. The molecule has 1 aliphatic heterocycles. The number of aromatic nitrogens is 3. The van der Waals surface area contributed by atoms with E-state index in [0.717, 1.165) is 55.3 Å². The summed E-state index contributed by atoms with van der Waals surface area (Å²) in [6, 6.07) is 53.7. The standard InChI is InChI=1S/C50H31N3OS/c1-2-11-30(12-3-1)31-21-23-32(24-22-31)48-36-14-4-7-17-40(36)51-50(52-48)39-16-10-19-43-46(39)38-26-25-33(29-44(38)54-43)53-41-18-8-5-15-37(41)47-42(53)28-27-35-34-13-6-9-20-45(34)55-49(35)47/h1-29,34,45H. The van der Waals surface area contributed by atoms with E-state index in [2.05, 4.69) is 156 Å². The molecule has 258 valence electrons. The average Bonchev–Trinajstić information content (AvgIpc) is 3.93. The van der Waals surface area contributed by atoms with Crippen LogP contribution in [0.4, 0.5) is 0 Å². The lowest BCUT2D eigenvalue weighted by Crippen LogP contribution is -2.06. The van der Waals surface area contributed by atoms with Gasteiger partial charge in [0.05, 0.1) is 22.2 Å². The predicted molar refractivity (Wildman–Crippen MR) is 228 cm³/mol. The van der Waals surface area contributed by atoms with Crippen molar-refractivity contribution in [3.63, 3.8) is 0 Å². The van der Waals surface area contributed by atoms with Crippen LogP contribution in [-0.2, 0) is 0 Å². The zero-order valence-electron chi connectivity index (χ0n) is 29.6. The Morgan fingerprint density at radius 2 is 1.33 bits per heavy atom. The number of benzene rings is 7. The summed E-state index contributed by atoms with van der Waals surface area (Å²) in [7, 11) is 0. The fourth-order valence-corrected chi connectivity index (χ4v) is 10.3. The third-order valence-corrected chi connectivity index (χ3v) is 12.8. The normalized spacial score (nSPS) is 16.1. The minimum Gasteiger partial charge on any atom is -0.456 e. The van der Waals surface area contributed by atoms with Gasteiger partial charge in [-0.15, -0.1) is 11.8 Å². The van der Waals surface area contributed by atoms with Gasteiger partial charge < -0.3 is 8.98 Å². The smallest absolute Gasteiger partial charge is 0.161 e. The van der Waals surface area contributed by atoms with Gasteiger partial charge in [-0.25, -0.2) is 9.97 Å². The molecule has 0 N–H and O–H groups in total. The Morgan fingerprint density at radius 3 is 2.24 bits per heavy atom. The van der Waals surface area contributed by atoms with Crippen LogP contribution in [0.3, 0.4) is 0 Å². The number of nitrogens with zero attached hydrogens (tertiary/aromatic N) is 3. The zero-order chi connectivity index (χ0) is 36.0. The number of furan rings is 1. The van der Waals surface area contributed by atoms with Crippen LogP contribution in [-0.4, -0.2) is 19.8 Å². The number of rotatable bonds is 4. The molecule has 12 rings (SSSR count). The van der Waals surface area contributed by atoms with Gasteiger partial charge in [0.25, 0.3) is 0 Å². The van der Waals surface area contributed by atoms with Crippen molar-refractivity contribution in [2.75, 3.05) is 0 Å². The van der Waals surface area contributed by atoms with E-state index in [-0.39, 0.29) is 0 Å². The van der Waals surface area contributed by atoms with Gasteiger partial charge in [-0.2, -0.15) is 0 Å². The monoisotopic (exact) mass is 721 g/mol. The first kappa shape index (κ1) is 30.7. The van der Waals surface area contributed by atoms with E-state index in [0.29, 0.717) is 17.0 Å². The van der Waals surface area contributed by atoms with Crippen molar-refractivity contribution in [2.45, 2.75) is 16.1 Å². The number of para-hydroxylation sites is 2. The molecule has 2 aliphatic rings. The second-order valence-electron chi connectivity index (χ2n) is 14.4. The van der Waals surface area contributed by atoms with Gasteiger partial charge in [0.15, 0.2) is 5.82 Å². The summed E-state index contributed by atoms with van der Waals surface area (Å²) < 4.78 is 9.08. The van der Waals surface area contributed by atoms with Crippen molar-refractivity contribution in [3.05, 3.63) is 182 Å². The highest BCUT2D eigenvalue weighted by molar-refractivity contribution is 8.00. The van der Waals surface area contributed by atoms with Gasteiger partial charge in [0.2, 0.25) is 0 Å². The van der Waals surface area contributed by atoms with Crippen LogP contribution in [0.5, 0.6) is 0 Å². The highest BCUT2D eigenvalue weighted by Gasteiger charge is 2.33. The molecular formula is C50H31N3OS. The third-order valence-electron chi connectivity index (χ3n) is 11.4. The molecule has 7 aromatic carbocycles. The van der Waals surface area contributed by atoms with Crippen LogP contribution in [0, 0.1) is 0 Å². The van der Waals surface area contributed by atoms with Crippen molar-refractivity contribution >= 4 is 66.4 Å². The lowest BCUT2D eigenvalue weighted by atomic mass is 9.91. The maximum Gasteiger partial charge on any atom is 0.161 e. The number of allylic oxidation sites excluding steroid dienone is 3. The minimum absolute atomic E-state index is 0.417. The van der Waals surface area contributed by atoms with Crippen LogP contribution in [0.15, 0.2) is 185 Å². The van der Waals surface area contributed by atoms with E-state index in [1.54, 1.807) is 0 Å². The van der Waals surface area contributed by atoms with Crippen molar-refractivity contribution in [1.29, 1.82) is 0 Å². The molecule has 1 aliphatic carbocycles. The maximum atomic E-state index is 6.68. The lowest BCUT2D eigenvalue weighted by Gasteiger charge is -2.14. The summed E-state index contributed by atoms with van der Waals surface area (Å²) in [4.78, 5) is 11.8. The quantitative estimate of drug-likeness (QED) is 0.181. The van der Waals surface area contributed by atoms with E-state index < -0.39 is 0 Å². The van der Waals surface area contributed by atoms with E-state index in [1.807, 2.05) is 36.0 Å². The first-order chi connectivity index (χ1) is 27.3. The SMILES string of the molecule is C1=CC2Sc3c(ccc4c3c3ccccc3n4-c3ccc4c(c3)oc3cccc(-c5nc(-c6ccc(-c7ccccc7)cc6)c6ccccc6n5)c34)C2C=C1. The Bertz CT molecular complexity index is 3240. The molecule has 0 amide bonds. The summed E-state index contributed by atoms with van der Waals surface area (Å²) in [6.45, 7) is 0. The molecule has 0 saturated carbocycles. The Labute approximate surface area is 321 Å².